The summed E-state index contributed by atoms with van der Waals surface area (Å²) >= 11 is 3.15. The van der Waals surface area contributed by atoms with Crippen LogP contribution < -0.4 is 5.32 Å². The van der Waals surface area contributed by atoms with Crippen molar-refractivity contribution in [3.8, 4) is 0 Å². The summed E-state index contributed by atoms with van der Waals surface area (Å²) in [6.45, 7) is 5.82. The normalized spacial score (nSPS) is 33.8. The summed E-state index contributed by atoms with van der Waals surface area (Å²) in [5.74, 6) is 0.0432. The van der Waals surface area contributed by atoms with Crippen LogP contribution >= 0.6 is 15.9 Å². The fourth-order valence-electron chi connectivity index (χ4n) is 2.57. The quantitative estimate of drug-likeness (QED) is 0.805. The van der Waals surface area contributed by atoms with E-state index >= 15 is 0 Å². The van der Waals surface area contributed by atoms with Crippen molar-refractivity contribution in [1.29, 1.82) is 0 Å². The van der Waals surface area contributed by atoms with Crippen molar-refractivity contribution in [1.82, 2.24) is 5.32 Å². The molecule has 0 radical (unpaired) electrons. The lowest BCUT2D eigenvalue weighted by molar-refractivity contribution is -0.138. The second-order valence-corrected chi connectivity index (χ2v) is 6.66. The number of hydrogen-bond donors (Lipinski definition) is 1. The van der Waals surface area contributed by atoms with E-state index in [0.29, 0.717) is 19.4 Å². The van der Waals surface area contributed by atoms with Crippen LogP contribution in [0.3, 0.4) is 0 Å². The van der Waals surface area contributed by atoms with Gasteiger partial charge in [-0.3, -0.25) is 4.79 Å². The van der Waals surface area contributed by atoms with Crippen LogP contribution in [0.25, 0.3) is 0 Å². The van der Waals surface area contributed by atoms with Gasteiger partial charge in [0.1, 0.15) is 11.2 Å². The van der Waals surface area contributed by atoms with Crippen LogP contribution in [0.1, 0.15) is 33.6 Å². The molecule has 1 amide bonds. The third-order valence-corrected chi connectivity index (χ3v) is 3.78. The summed E-state index contributed by atoms with van der Waals surface area (Å²) in [5, 5.41) is 3.12. The number of halogens is 1. The van der Waals surface area contributed by atoms with Crippen molar-refractivity contribution < 1.29 is 19.1 Å². The molecule has 102 valence electrons. The van der Waals surface area contributed by atoms with E-state index < -0.39 is 22.8 Å². The Bertz CT molecular complexity index is 382. The monoisotopic (exact) mass is 319 g/mol. The fourth-order valence-corrected chi connectivity index (χ4v) is 3.08. The standard InChI is InChI=1S/C12H18BrNO4/c1-10(2,3)18-9(16)14-11-5-12(6-11,17-7-11)8(15)4-13/h4-7H2,1-3H3,(H,14,16). The van der Waals surface area contributed by atoms with Gasteiger partial charge in [0.2, 0.25) is 0 Å². The van der Waals surface area contributed by atoms with E-state index in [4.69, 9.17) is 9.47 Å². The largest absolute Gasteiger partial charge is 0.444 e. The maximum absolute atomic E-state index is 11.7. The maximum Gasteiger partial charge on any atom is 0.408 e. The Morgan fingerprint density at radius 1 is 1.39 bits per heavy atom. The highest BCUT2D eigenvalue weighted by Gasteiger charge is 2.66. The van der Waals surface area contributed by atoms with Gasteiger partial charge in [0.25, 0.3) is 0 Å². The average Bonchev–Trinajstić information content (AvgIpc) is 2.68. The second kappa shape index (κ2) is 4.20. The highest BCUT2D eigenvalue weighted by Crippen LogP contribution is 2.52. The van der Waals surface area contributed by atoms with Gasteiger partial charge in [-0.1, -0.05) is 15.9 Å². The van der Waals surface area contributed by atoms with E-state index in [-0.39, 0.29) is 11.1 Å². The Labute approximate surface area is 115 Å². The van der Waals surface area contributed by atoms with Crippen LogP contribution in [0.4, 0.5) is 4.79 Å². The molecule has 3 aliphatic rings. The van der Waals surface area contributed by atoms with Gasteiger partial charge in [0, 0.05) is 12.8 Å². The minimum absolute atomic E-state index is 0.0432. The summed E-state index contributed by atoms with van der Waals surface area (Å²) in [7, 11) is 0. The molecule has 1 saturated carbocycles. The van der Waals surface area contributed by atoms with E-state index in [0.717, 1.165) is 0 Å². The van der Waals surface area contributed by atoms with Crippen LogP contribution in [0.2, 0.25) is 0 Å². The molecule has 1 aliphatic carbocycles. The Morgan fingerprint density at radius 3 is 2.50 bits per heavy atom. The van der Waals surface area contributed by atoms with E-state index in [1.54, 1.807) is 0 Å². The minimum atomic E-state index is -0.682. The SMILES string of the molecule is CC(C)(C)OC(=O)NC12COC(C(=O)CBr)(C1)C2. The first kappa shape index (κ1) is 13.8. The van der Waals surface area contributed by atoms with Crippen molar-refractivity contribution in [2.24, 2.45) is 0 Å². The van der Waals surface area contributed by atoms with E-state index in [1.807, 2.05) is 20.8 Å². The lowest BCUT2D eigenvalue weighted by atomic mass is 9.67. The second-order valence-electron chi connectivity index (χ2n) is 6.10. The Kier molecular flexibility index (Phi) is 3.22. The molecule has 2 heterocycles. The average molecular weight is 320 g/mol. The van der Waals surface area contributed by atoms with Crippen molar-refractivity contribution in [2.45, 2.75) is 50.4 Å². The predicted molar refractivity (Wildman–Crippen MR) is 68.8 cm³/mol. The zero-order valence-electron chi connectivity index (χ0n) is 10.8. The first-order valence-electron chi connectivity index (χ1n) is 5.95. The number of alkyl halides is 1. The fraction of sp³-hybridized carbons (Fsp3) is 0.833. The smallest absolute Gasteiger partial charge is 0.408 e. The molecule has 0 atom stereocenters. The number of carbonyl (C=O) groups excluding carboxylic acids is 2. The first-order valence-corrected chi connectivity index (χ1v) is 7.07. The number of ketones is 1. The predicted octanol–water partition coefficient (Wildman–Crippen LogP) is 1.78. The number of rotatable bonds is 3. The topological polar surface area (TPSA) is 64.6 Å². The van der Waals surface area contributed by atoms with Gasteiger partial charge in [-0.15, -0.1) is 0 Å². The Hall–Kier alpha value is -0.620. The summed E-state index contributed by atoms with van der Waals surface area (Å²) in [6.07, 6.45) is 0.640. The zero-order valence-corrected chi connectivity index (χ0v) is 12.4. The molecule has 18 heavy (non-hydrogen) atoms. The van der Waals surface area contributed by atoms with Crippen LogP contribution in [-0.4, -0.2) is 40.6 Å². The molecular formula is C12H18BrNO4. The summed E-state index contributed by atoms with van der Waals surface area (Å²) < 4.78 is 10.8. The zero-order chi connectivity index (χ0) is 13.6. The van der Waals surface area contributed by atoms with Crippen LogP contribution in [0.5, 0.6) is 0 Å². The molecule has 2 bridgehead atoms. The molecule has 3 rings (SSSR count). The van der Waals surface area contributed by atoms with E-state index in [2.05, 4.69) is 21.2 Å². The van der Waals surface area contributed by atoms with Gasteiger partial charge in [-0.25, -0.2) is 4.79 Å². The van der Waals surface area contributed by atoms with Crippen LogP contribution in [0.15, 0.2) is 0 Å². The van der Waals surface area contributed by atoms with Gasteiger partial charge in [0.05, 0.1) is 17.5 Å². The highest BCUT2D eigenvalue weighted by atomic mass is 79.9. The lowest BCUT2D eigenvalue weighted by Crippen LogP contribution is -2.62. The van der Waals surface area contributed by atoms with Crippen molar-refractivity contribution >= 4 is 27.8 Å². The molecule has 0 spiro atoms. The molecule has 2 saturated heterocycles. The molecule has 5 nitrogen and oxygen atoms in total. The van der Waals surface area contributed by atoms with Crippen molar-refractivity contribution in [3.63, 3.8) is 0 Å². The Balaban J connectivity index is 1.91. The van der Waals surface area contributed by atoms with Gasteiger partial charge in [0.15, 0.2) is 5.78 Å². The number of carbonyl (C=O) groups is 2. The van der Waals surface area contributed by atoms with Gasteiger partial charge in [-0.05, 0) is 20.8 Å². The summed E-state index contributed by atoms with van der Waals surface area (Å²) in [6, 6.07) is 0. The van der Waals surface area contributed by atoms with Crippen LogP contribution in [-0.2, 0) is 14.3 Å². The number of hydrogen-bond acceptors (Lipinski definition) is 4. The van der Waals surface area contributed by atoms with Crippen molar-refractivity contribution in [3.05, 3.63) is 0 Å². The number of amides is 1. The van der Waals surface area contributed by atoms with Crippen molar-refractivity contribution in [2.75, 3.05) is 11.9 Å². The number of alkyl carbamates (subject to hydrolysis) is 1. The van der Waals surface area contributed by atoms with E-state index in [1.165, 1.54) is 0 Å². The van der Waals surface area contributed by atoms with Crippen LogP contribution in [0, 0.1) is 0 Å². The molecule has 6 heteroatoms. The highest BCUT2D eigenvalue weighted by molar-refractivity contribution is 9.09. The molecule has 3 fully saturated rings. The van der Waals surface area contributed by atoms with Gasteiger partial charge in [-0.2, -0.15) is 0 Å². The number of fused-ring (bicyclic) bond motifs is 1. The molecule has 0 aromatic heterocycles. The van der Waals surface area contributed by atoms with E-state index in [9.17, 15) is 9.59 Å². The third kappa shape index (κ3) is 2.40. The Morgan fingerprint density at radius 2 is 2.00 bits per heavy atom. The third-order valence-electron chi connectivity index (χ3n) is 3.27. The molecular weight excluding hydrogens is 302 g/mol. The maximum atomic E-state index is 11.7. The number of Topliss-reactive ketones (excluding diaryl/α,β-unsaturated/α-hetero) is 1. The first-order chi connectivity index (χ1) is 8.20. The lowest BCUT2D eigenvalue weighted by Gasteiger charge is -2.43. The molecule has 2 aliphatic heterocycles. The summed E-state index contributed by atoms with van der Waals surface area (Å²) in [4.78, 5) is 23.4. The number of nitrogens with one attached hydrogen (secondary N) is 1. The molecule has 0 aromatic carbocycles. The molecule has 0 unspecified atom stereocenters. The molecule has 0 aromatic rings. The summed E-state index contributed by atoms with van der Waals surface area (Å²) in [5.41, 5.74) is -1.62. The van der Waals surface area contributed by atoms with Gasteiger partial charge < -0.3 is 14.8 Å². The number of ether oxygens (including phenoxy) is 2. The van der Waals surface area contributed by atoms with Gasteiger partial charge >= 0.3 is 6.09 Å². The molecule has 1 N–H and O–H groups in total. The minimum Gasteiger partial charge on any atom is -0.444 e.